The summed E-state index contributed by atoms with van der Waals surface area (Å²) in [6.45, 7) is 2.11. The van der Waals surface area contributed by atoms with Crippen molar-refractivity contribution in [1.82, 2.24) is 0 Å². The van der Waals surface area contributed by atoms with E-state index in [1.54, 1.807) is 0 Å². The van der Waals surface area contributed by atoms with Crippen molar-refractivity contribution in [3.8, 4) is 0 Å². The maximum absolute atomic E-state index is 2.23. The van der Waals surface area contributed by atoms with Crippen LogP contribution < -0.4 is 0 Å². The van der Waals surface area contributed by atoms with Crippen molar-refractivity contribution < 1.29 is 0 Å². The summed E-state index contributed by atoms with van der Waals surface area (Å²) in [4.78, 5) is 0. The smallest absolute Gasteiger partial charge is 0.0187 e. The highest BCUT2D eigenvalue weighted by molar-refractivity contribution is 7.98. The minimum absolute atomic E-state index is 1.06. The maximum atomic E-state index is 2.23. The second-order valence-corrected chi connectivity index (χ2v) is 5.34. The fourth-order valence-electron chi connectivity index (χ4n) is 1.68. The average molecular weight is 254 g/mol. The quantitative estimate of drug-likeness (QED) is 0.681. The van der Waals surface area contributed by atoms with Crippen LogP contribution in [0.4, 0.5) is 0 Å². The van der Waals surface area contributed by atoms with Gasteiger partial charge < -0.3 is 0 Å². The monoisotopic (exact) mass is 254 g/mol. The molecule has 0 bridgehead atoms. The zero-order chi connectivity index (χ0) is 12.6. The molecule has 0 nitrogen and oxygen atoms in total. The highest BCUT2D eigenvalue weighted by Crippen LogP contribution is 2.12. The first-order chi connectivity index (χ1) is 8.84. The molecule has 1 heteroatoms. The van der Waals surface area contributed by atoms with Gasteiger partial charge in [-0.15, -0.1) is 0 Å². The number of hydrogen-bond acceptors (Lipinski definition) is 1. The van der Waals surface area contributed by atoms with Crippen LogP contribution >= 0.6 is 11.8 Å². The molecule has 0 unspecified atom stereocenters. The zero-order valence-corrected chi connectivity index (χ0v) is 11.5. The molecular weight excluding hydrogens is 236 g/mol. The maximum Gasteiger partial charge on any atom is 0.0187 e. The molecule has 0 aliphatic heterocycles. The van der Waals surface area contributed by atoms with Crippen molar-refractivity contribution in [2.24, 2.45) is 0 Å². The topological polar surface area (TPSA) is 0 Å². The van der Waals surface area contributed by atoms with Crippen LogP contribution in [0, 0.1) is 6.92 Å². The van der Waals surface area contributed by atoms with Crippen LogP contribution in [-0.2, 0) is 5.75 Å². The Kier molecular flexibility index (Phi) is 5.10. The van der Waals surface area contributed by atoms with E-state index >= 15 is 0 Å². The van der Waals surface area contributed by atoms with Gasteiger partial charge in [-0.1, -0.05) is 72.3 Å². The van der Waals surface area contributed by atoms with Crippen molar-refractivity contribution >= 4 is 17.8 Å². The van der Waals surface area contributed by atoms with E-state index in [1.165, 1.54) is 16.7 Å². The molecule has 0 atom stereocenters. The molecule has 2 rings (SSSR count). The lowest BCUT2D eigenvalue weighted by molar-refractivity contribution is 1.41. The molecule has 2 aromatic rings. The van der Waals surface area contributed by atoms with E-state index in [9.17, 15) is 0 Å². The Labute approximate surface area is 114 Å². The van der Waals surface area contributed by atoms with Gasteiger partial charge in [-0.05, 0) is 18.1 Å². The molecule has 92 valence electrons. The van der Waals surface area contributed by atoms with E-state index in [4.69, 9.17) is 0 Å². The fraction of sp³-hybridized carbons (Fsp3) is 0.176. The standard InChI is InChI=1S/C17H18S/c1-15-9-11-16(12-10-15)8-5-13-18-14-17-6-3-2-4-7-17/h2-12H,13-14H2,1H3. The van der Waals surface area contributed by atoms with E-state index in [1.807, 2.05) is 11.8 Å². The summed E-state index contributed by atoms with van der Waals surface area (Å²) < 4.78 is 0. The molecule has 0 heterocycles. The summed E-state index contributed by atoms with van der Waals surface area (Å²) in [5.41, 5.74) is 3.98. The first-order valence-corrected chi connectivity index (χ1v) is 7.35. The molecule has 0 N–H and O–H groups in total. The minimum Gasteiger partial charge on any atom is -0.153 e. The molecule has 0 saturated heterocycles. The largest absolute Gasteiger partial charge is 0.153 e. The SMILES string of the molecule is Cc1ccc(C=CCSCc2ccccc2)cc1. The lowest BCUT2D eigenvalue weighted by Crippen LogP contribution is -1.80. The lowest BCUT2D eigenvalue weighted by Gasteiger charge is -1.98. The van der Waals surface area contributed by atoms with Gasteiger partial charge in [0.05, 0.1) is 0 Å². The first kappa shape index (κ1) is 13.0. The molecule has 0 aliphatic carbocycles. The van der Waals surface area contributed by atoms with Crippen molar-refractivity contribution in [3.05, 3.63) is 77.4 Å². The summed E-state index contributed by atoms with van der Waals surface area (Å²) in [6.07, 6.45) is 4.43. The molecule has 2 aromatic carbocycles. The van der Waals surface area contributed by atoms with Crippen LogP contribution in [-0.4, -0.2) is 5.75 Å². The van der Waals surface area contributed by atoms with Gasteiger partial charge in [-0.3, -0.25) is 0 Å². The Hall–Kier alpha value is -1.47. The van der Waals surface area contributed by atoms with Gasteiger partial charge in [0.2, 0.25) is 0 Å². The number of rotatable bonds is 5. The van der Waals surface area contributed by atoms with Gasteiger partial charge in [0, 0.05) is 11.5 Å². The van der Waals surface area contributed by atoms with Gasteiger partial charge >= 0.3 is 0 Å². The van der Waals surface area contributed by atoms with Gasteiger partial charge in [0.1, 0.15) is 0 Å². The highest BCUT2D eigenvalue weighted by atomic mass is 32.2. The summed E-state index contributed by atoms with van der Waals surface area (Å²) in [5, 5.41) is 0. The predicted octanol–water partition coefficient (Wildman–Crippen LogP) is 4.94. The molecule has 0 fully saturated rings. The Morgan fingerprint density at radius 2 is 1.67 bits per heavy atom. The van der Waals surface area contributed by atoms with E-state index < -0.39 is 0 Å². The number of benzene rings is 2. The molecule has 0 aromatic heterocycles. The van der Waals surface area contributed by atoms with Crippen molar-refractivity contribution in [3.63, 3.8) is 0 Å². The molecule has 18 heavy (non-hydrogen) atoms. The Bertz CT molecular complexity index is 483. The first-order valence-electron chi connectivity index (χ1n) is 6.19. The number of thioether (sulfide) groups is 1. The van der Waals surface area contributed by atoms with Crippen LogP contribution in [0.3, 0.4) is 0 Å². The summed E-state index contributed by atoms with van der Waals surface area (Å²) in [5.74, 6) is 2.14. The molecule has 0 radical (unpaired) electrons. The minimum atomic E-state index is 1.06. The second kappa shape index (κ2) is 7.07. The van der Waals surface area contributed by atoms with Gasteiger partial charge in [-0.2, -0.15) is 11.8 Å². The lowest BCUT2D eigenvalue weighted by atomic mass is 10.1. The summed E-state index contributed by atoms with van der Waals surface area (Å²) >= 11 is 1.94. The van der Waals surface area contributed by atoms with Crippen LogP contribution in [0.2, 0.25) is 0 Å². The molecule has 0 amide bonds. The Morgan fingerprint density at radius 1 is 0.944 bits per heavy atom. The Balaban J connectivity index is 1.74. The normalized spacial score (nSPS) is 10.9. The van der Waals surface area contributed by atoms with Gasteiger partial charge in [0.15, 0.2) is 0 Å². The van der Waals surface area contributed by atoms with Crippen LogP contribution in [0.25, 0.3) is 6.08 Å². The molecule has 0 aliphatic rings. The predicted molar refractivity (Wildman–Crippen MR) is 82.8 cm³/mol. The third kappa shape index (κ3) is 4.42. The van der Waals surface area contributed by atoms with E-state index in [0.717, 1.165) is 11.5 Å². The number of hydrogen-bond donors (Lipinski definition) is 0. The third-order valence-electron chi connectivity index (χ3n) is 2.71. The van der Waals surface area contributed by atoms with Crippen molar-refractivity contribution in [2.45, 2.75) is 12.7 Å². The molecule has 0 spiro atoms. The second-order valence-electron chi connectivity index (χ2n) is 4.31. The molecular formula is C17H18S. The Morgan fingerprint density at radius 3 is 2.39 bits per heavy atom. The summed E-state index contributed by atoms with van der Waals surface area (Å²) in [7, 11) is 0. The third-order valence-corrected chi connectivity index (χ3v) is 3.68. The van der Waals surface area contributed by atoms with Crippen LogP contribution in [0.15, 0.2) is 60.7 Å². The van der Waals surface area contributed by atoms with Crippen molar-refractivity contribution in [2.75, 3.05) is 5.75 Å². The highest BCUT2D eigenvalue weighted by Gasteiger charge is 1.90. The summed E-state index contributed by atoms with van der Waals surface area (Å²) in [6, 6.07) is 19.2. The van der Waals surface area contributed by atoms with Crippen molar-refractivity contribution in [1.29, 1.82) is 0 Å². The molecule has 0 saturated carbocycles. The van der Waals surface area contributed by atoms with Crippen LogP contribution in [0.1, 0.15) is 16.7 Å². The average Bonchev–Trinajstić information content (AvgIpc) is 2.42. The van der Waals surface area contributed by atoms with Gasteiger partial charge in [-0.25, -0.2) is 0 Å². The number of aryl methyl sites for hydroxylation is 1. The van der Waals surface area contributed by atoms with Gasteiger partial charge in [0.25, 0.3) is 0 Å². The van der Waals surface area contributed by atoms with E-state index in [-0.39, 0.29) is 0 Å². The fourth-order valence-corrected chi connectivity index (χ4v) is 2.46. The van der Waals surface area contributed by atoms with Crippen LogP contribution in [0.5, 0.6) is 0 Å². The van der Waals surface area contributed by atoms with E-state index in [0.29, 0.717) is 0 Å². The van der Waals surface area contributed by atoms with E-state index in [2.05, 4.69) is 73.7 Å². The zero-order valence-electron chi connectivity index (χ0n) is 10.7.